The molecule has 0 fully saturated rings. The van der Waals surface area contributed by atoms with Crippen molar-refractivity contribution in [2.24, 2.45) is 0 Å². The first-order chi connectivity index (χ1) is 15.1. The van der Waals surface area contributed by atoms with Crippen molar-refractivity contribution in [3.63, 3.8) is 0 Å². The van der Waals surface area contributed by atoms with E-state index in [2.05, 4.69) is 11.2 Å². The molecule has 158 valence electrons. The van der Waals surface area contributed by atoms with Crippen LogP contribution < -0.4 is 9.64 Å². The Balaban J connectivity index is 1.71. The molecule has 7 heteroatoms. The summed E-state index contributed by atoms with van der Waals surface area (Å²) < 4.78 is 20.6. The summed E-state index contributed by atoms with van der Waals surface area (Å²) in [6.45, 7) is 2.74. The molecule has 0 saturated heterocycles. The van der Waals surface area contributed by atoms with Crippen LogP contribution in [0.3, 0.4) is 0 Å². The van der Waals surface area contributed by atoms with Crippen molar-refractivity contribution in [3.05, 3.63) is 71.3 Å². The maximum Gasteiger partial charge on any atom is 0.279 e. The minimum atomic E-state index is -0.318. The van der Waals surface area contributed by atoms with Gasteiger partial charge in [-0.1, -0.05) is 0 Å². The summed E-state index contributed by atoms with van der Waals surface area (Å²) in [4.78, 5) is 15.2. The van der Waals surface area contributed by atoms with Crippen LogP contribution in [0.15, 0.2) is 48.5 Å². The van der Waals surface area contributed by atoms with Gasteiger partial charge in [-0.05, 0) is 74.7 Å². The number of benzene rings is 2. The molecule has 2 aromatic carbocycles. The fourth-order valence-corrected chi connectivity index (χ4v) is 3.93. The number of halogens is 1. The SMILES string of the molecule is CCOc1ccc(N(CCC#N)C(=O)c2nn(-c3ccc(F)cc3)c3c2CCC3)cc1. The molecule has 0 atom stereocenters. The first-order valence-electron chi connectivity index (χ1n) is 10.4. The zero-order chi connectivity index (χ0) is 21.8. The number of nitriles is 1. The van der Waals surface area contributed by atoms with Gasteiger partial charge in [-0.15, -0.1) is 0 Å². The number of aromatic nitrogens is 2. The van der Waals surface area contributed by atoms with Gasteiger partial charge in [-0.2, -0.15) is 10.4 Å². The smallest absolute Gasteiger partial charge is 0.279 e. The van der Waals surface area contributed by atoms with Crippen LogP contribution in [0.1, 0.15) is 41.5 Å². The summed E-state index contributed by atoms with van der Waals surface area (Å²) in [5, 5.41) is 13.7. The molecule has 0 unspecified atom stereocenters. The van der Waals surface area contributed by atoms with Crippen LogP contribution in [0, 0.1) is 17.1 Å². The van der Waals surface area contributed by atoms with Gasteiger partial charge in [0.25, 0.3) is 5.91 Å². The molecule has 0 saturated carbocycles. The second kappa shape index (κ2) is 9.00. The van der Waals surface area contributed by atoms with E-state index in [-0.39, 0.29) is 24.7 Å². The van der Waals surface area contributed by atoms with Gasteiger partial charge in [-0.3, -0.25) is 4.79 Å². The fourth-order valence-electron chi connectivity index (χ4n) is 3.93. The van der Waals surface area contributed by atoms with Gasteiger partial charge in [0.2, 0.25) is 0 Å². The van der Waals surface area contributed by atoms with Crippen molar-refractivity contribution in [2.45, 2.75) is 32.6 Å². The van der Waals surface area contributed by atoms with Crippen molar-refractivity contribution < 1.29 is 13.9 Å². The largest absolute Gasteiger partial charge is 0.494 e. The van der Waals surface area contributed by atoms with Crippen LogP contribution in [-0.2, 0) is 12.8 Å². The fraction of sp³-hybridized carbons (Fsp3) is 0.292. The molecule has 6 nitrogen and oxygen atoms in total. The van der Waals surface area contributed by atoms with E-state index >= 15 is 0 Å². The molecule has 1 amide bonds. The Morgan fingerprint density at radius 2 is 1.94 bits per heavy atom. The molecule has 1 aliphatic carbocycles. The van der Waals surface area contributed by atoms with Crippen LogP contribution in [0.2, 0.25) is 0 Å². The molecule has 1 aromatic heterocycles. The number of ether oxygens (including phenoxy) is 1. The van der Waals surface area contributed by atoms with Crippen LogP contribution in [-0.4, -0.2) is 28.8 Å². The molecule has 0 N–H and O–H groups in total. The molecule has 0 aliphatic heterocycles. The lowest BCUT2D eigenvalue weighted by molar-refractivity contribution is 0.0981. The van der Waals surface area contributed by atoms with E-state index in [0.29, 0.717) is 18.0 Å². The lowest BCUT2D eigenvalue weighted by Gasteiger charge is -2.21. The van der Waals surface area contributed by atoms with Gasteiger partial charge in [0, 0.05) is 23.5 Å². The highest BCUT2D eigenvalue weighted by Crippen LogP contribution is 2.30. The van der Waals surface area contributed by atoms with Gasteiger partial charge in [0.1, 0.15) is 11.6 Å². The summed E-state index contributed by atoms with van der Waals surface area (Å²) in [6.07, 6.45) is 2.73. The zero-order valence-electron chi connectivity index (χ0n) is 17.3. The van der Waals surface area contributed by atoms with E-state index in [4.69, 9.17) is 10.00 Å². The number of carbonyl (C=O) groups excluding carboxylic acids is 1. The molecule has 31 heavy (non-hydrogen) atoms. The van der Waals surface area contributed by atoms with Gasteiger partial charge < -0.3 is 9.64 Å². The Bertz CT molecular complexity index is 1110. The number of carbonyl (C=O) groups is 1. The number of hydrogen-bond acceptors (Lipinski definition) is 4. The van der Waals surface area contributed by atoms with Crippen molar-refractivity contribution >= 4 is 11.6 Å². The van der Waals surface area contributed by atoms with Crippen LogP contribution in [0.5, 0.6) is 5.75 Å². The Morgan fingerprint density at radius 1 is 1.19 bits per heavy atom. The van der Waals surface area contributed by atoms with Crippen molar-refractivity contribution in [2.75, 3.05) is 18.1 Å². The maximum atomic E-state index is 13.6. The molecule has 3 aromatic rings. The van der Waals surface area contributed by atoms with E-state index in [1.807, 2.05) is 31.2 Å². The van der Waals surface area contributed by atoms with E-state index in [0.717, 1.165) is 42.0 Å². The average Bonchev–Trinajstić information content (AvgIpc) is 3.39. The third kappa shape index (κ3) is 4.15. The summed E-state index contributed by atoms with van der Waals surface area (Å²) in [5.74, 6) is 0.167. The molecule has 1 aliphatic rings. The van der Waals surface area contributed by atoms with E-state index < -0.39 is 0 Å². The van der Waals surface area contributed by atoms with E-state index in [1.165, 1.54) is 12.1 Å². The van der Waals surface area contributed by atoms with E-state index in [9.17, 15) is 9.18 Å². The zero-order valence-corrected chi connectivity index (χ0v) is 17.3. The predicted octanol–water partition coefficient (Wildman–Crippen LogP) is 4.46. The Labute approximate surface area is 180 Å². The number of nitrogens with zero attached hydrogens (tertiary/aromatic N) is 4. The third-order valence-electron chi connectivity index (χ3n) is 5.36. The van der Waals surface area contributed by atoms with Crippen molar-refractivity contribution in [3.8, 4) is 17.5 Å². The maximum absolute atomic E-state index is 13.6. The molecule has 4 rings (SSSR count). The highest BCUT2D eigenvalue weighted by atomic mass is 19.1. The molecule has 1 heterocycles. The summed E-state index contributed by atoms with van der Waals surface area (Å²) in [5.41, 5.74) is 3.72. The number of anilines is 1. The van der Waals surface area contributed by atoms with Gasteiger partial charge in [-0.25, -0.2) is 9.07 Å². The van der Waals surface area contributed by atoms with Crippen LogP contribution in [0.4, 0.5) is 10.1 Å². The molecular weight excluding hydrogens is 395 g/mol. The summed E-state index contributed by atoms with van der Waals surface area (Å²) in [6, 6.07) is 15.5. The lowest BCUT2D eigenvalue weighted by Crippen LogP contribution is -2.32. The second-order valence-electron chi connectivity index (χ2n) is 7.31. The number of rotatable bonds is 7. The predicted molar refractivity (Wildman–Crippen MR) is 115 cm³/mol. The number of amides is 1. The van der Waals surface area contributed by atoms with Gasteiger partial charge >= 0.3 is 0 Å². The number of fused-ring (bicyclic) bond motifs is 1. The average molecular weight is 418 g/mol. The lowest BCUT2D eigenvalue weighted by atomic mass is 10.1. The summed E-state index contributed by atoms with van der Waals surface area (Å²) in [7, 11) is 0. The van der Waals surface area contributed by atoms with Crippen LogP contribution in [0.25, 0.3) is 5.69 Å². The quantitative estimate of drug-likeness (QED) is 0.568. The normalized spacial score (nSPS) is 12.3. The molecule has 0 spiro atoms. The first-order valence-corrected chi connectivity index (χ1v) is 10.4. The third-order valence-corrected chi connectivity index (χ3v) is 5.36. The topological polar surface area (TPSA) is 71.2 Å². The van der Waals surface area contributed by atoms with E-state index in [1.54, 1.807) is 21.7 Å². The van der Waals surface area contributed by atoms with Gasteiger partial charge in [0.05, 0.1) is 24.8 Å². The monoisotopic (exact) mass is 418 g/mol. The Morgan fingerprint density at radius 3 is 2.61 bits per heavy atom. The molecule has 0 bridgehead atoms. The Hall–Kier alpha value is -3.66. The number of hydrogen-bond donors (Lipinski definition) is 0. The first kappa shape index (κ1) is 20.6. The highest BCUT2D eigenvalue weighted by molar-refractivity contribution is 6.06. The minimum Gasteiger partial charge on any atom is -0.494 e. The standard InChI is InChI=1S/C24H23FN4O2/c1-2-31-20-13-11-18(12-14-20)28(16-4-15-26)24(30)23-21-5-3-6-22(21)29(27-23)19-9-7-17(25)8-10-19/h7-14H,2-6,16H2,1H3. The molecule has 0 radical (unpaired) electrons. The molecular formula is C24H23FN4O2. The minimum absolute atomic E-state index is 0.208. The summed E-state index contributed by atoms with van der Waals surface area (Å²) >= 11 is 0. The van der Waals surface area contributed by atoms with Gasteiger partial charge in [0.15, 0.2) is 5.69 Å². The van der Waals surface area contributed by atoms with Crippen molar-refractivity contribution in [1.82, 2.24) is 9.78 Å². The Kier molecular flexibility index (Phi) is 5.99. The van der Waals surface area contributed by atoms with Crippen molar-refractivity contribution in [1.29, 1.82) is 5.26 Å². The van der Waals surface area contributed by atoms with Crippen LogP contribution >= 0.6 is 0 Å². The second-order valence-corrected chi connectivity index (χ2v) is 7.31. The highest BCUT2D eigenvalue weighted by Gasteiger charge is 2.30.